The van der Waals surface area contributed by atoms with E-state index in [4.69, 9.17) is 0 Å². The number of piperazine rings is 1. The van der Waals surface area contributed by atoms with Crippen LogP contribution in [0.15, 0.2) is 22.7 Å². The number of hydrogen-bond acceptors (Lipinski definition) is 3. The van der Waals surface area contributed by atoms with E-state index in [0.717, 1.165) is 42.9 Å². The molecular weight excluding hydrogens is 320 g/mol. The Kier molecular flexibility index (Phi) is 5.05. The lowest BCUT2D eigenvalue weighted by Crippen LogP contribution is -2.47. The average molecular weight is 341 g/mol. The first-order valence-corrected chi connectivity index (χ1v) is 7.77. The van der Waals surface area contributed by atoms with Crippen molar-refractivity contribution in [3.63, 3.8) is 0 Å². The largest absolute Gasteiger partial charge is 0.478 e. The molecule has 0 atom stereocenters. The molecule has 1 N–H and O–H groups in total. The topological polar surface area (TPSA) is 43.8 Å². The van der Waals surface area contributed by atoms with Gasteiger partial charge >= 0.3 is 5.97 Å². The summed E-state index contributed by atoms with van der Waals surface area (Å²) in [5.74, 6) is -0.199. The third kappa shape index (κ3) is 3.73. The van der Waals surface area contributed by atoms with Gasteiger partial charge in [0.1, 0.15) is 0 Å². The summed E-state index contributed by atoms with van der Waals surface area (Å²) in [5.41, 5.74) is 1.20. The van der Waals surface area contributed by atoms with Gasteiger partial charge in [0.15, 0.2) is 0 Å². The molecule has 0 radical (unpaired) electrons. The van der Waals surface area contributed by atoms with Crippen LogP contribution in [0.3, 0.4) is 0 Å². The first-order valence-electron chi connectivity index (χ1n) is 6.97. The van der Waals surface area contributed by atoms with Crippen LogP contribution in [0.1, 0.15) is 24.2 Å². The molecule has 0 aliphatic carbocycles. The molecule has 1 fully saturated rings. The van der Waals surface area contributed by atoms with Crippen molar-refractivity contribution in [3.8, 4) is 0 Å². The zero-order valence-electron chi connectivity index (χ0n) is 12.0. The maximum Gasteiger partial charge on any atom is 0.337 e. The Balaban J connectivity index is 2.09. The number of carboxylic acid groups (broad SMARTS) is 1. The van der Waals surface area contributed by atoms with Gasteiger partial charge in [-0.25, -0.2) is 4.79 Å². The Bertz CT molecular complexity index is 483. The number of carbonyl (C=O) groups is 1. The number of aromatic carboxylic acids is 1. The van der Waals surface area contributed by atoms with Crippen LogP contribution in [-0.4, -0.2) is 48.7 Å². The van der Waals surface area contributed by atoms with E-state index >= 15 is 0 Å². The molecule has 5 heteroatoms. The molecule has 0 spiro atoms. The van der Waals surface area contributed by atoms with E-state index in [1.807, 2.05) is 12.1 Å². The summed E-state index contributed by atoms with van der Waals surface area (Å²) in [6, 6.07) is 5.48. The van der Waals surface area contributed by atoms with E-state index in [2.05, 4.69) is 39.6 Å². The molecule has 1 saturated heterocycles. The monoisotopic (exact) mass is 340 g/mol. The summed E-state index contributed by atoms with van der Waals surface area (Å²) in [6.07, 6.45) is 0. The molecule has 1 aliphatic rings. The lowest BCUT2D eigenvalue weighted by molar-refractivity contribution is 0.0697. The van der Waals surface area contributed by atoms with Crippen molar-refractivity contribution in [2.24, 2.45) is 5.92 Å². The molecule has 110 valence electrons. The molecule has 0 aromatic heterocycles. The van der Waals surface area contributed by atoms with Crippen LogP contribution in [0.5, 0.6) is 0 Å². The molecule has 0 bridgehead atoms. The van der Waals surface area contributed by atoms with Gasteiger partial charge in [-0.15, -0.1) is 0 Å². The van der Waals surface area contributed by atoms with Gasteiger partial charge in [-0.3, -0.25) is 4.90 Å². The number of rotatable bonds is 4. The third-order valence-electron chi connectivity index (χ3n) is 3.53. The summed E-state index contributed by atoms with van der Waals surface area (Å²) < 4.78 is 0.803. The van der Waals surface area contributed by atoms with Gasteiger partial charge in [-0.1, -0.05) is 29.8 Å². The summed E-state index contributed by atoms with van der Waals surface area (Å²) in [6.45, 7) is 9.32. The Morgan fingerprint density at radius 2 is 1.95 bits per heavy atom. The standard InChI is InChI=1S/C15H21BrN2O2/c1-11(2)10-17-5-7-18(8-6-17)14-4-3-12(16)9-13(14)15(19)20/h3-4,9,11H,5-8,10H2,1-2H3,(H,19,20). The van der Waals surface area contributed by atoms with E-state index < -0.39 is 5.97 Å². The fraction of sp³-hybridized carbons (Fsp3) is 0.533. The Labute approximate surface area is 128 Å². The first-order chi connectivity index (χ1) is 9.47. The minimum atomic E-state index is -0.870. The van der Waals surface area contributed by atoms with Gasteiger partial charge in [0, 0.05) is 37.2 Å². The normalized spacial score (nSPS) is 16.7. The number of benzene rings is 1. The number of anilines is 1. The molecule has 1 aliphatic heterocycles. The van der Waals surface area contributed by atoms with Crippen molar-refractivity contribution >= 4 is 27.6 Å². The average Bonchev–Trinajstić information content (AvgIpc) is 2.39. The zero-order chi connectivity index (χ0) is 14.7. The summed E-state index contributed by atoms with van der Waals surface area (Å²) in [4.78, 5) is 16.0. The Morgan fingerprint density at radius 1 is 1.30 bits per heavy atom. The van der Waals surface area contributed by atoms with Gasteiger partial charge in [-0.05, 0) is 24.1 Å². The molecule has 0 saturated carbocycles. The zero-order valence-corrected chi connectivity index (χ0v) is 13.6. The smallest absolute Gasteiger partial charge is 0.337 e. The fourth-order valence-corrected chi connectivity index (χ4v) is 3.00. The van der Waals surface area contributed by atoms with Crippen LogP contribution in [0, 0.1) is 5.92 Å². The van der Waals surface area contributed by atoms with Crippen molar-refractivity contribution in [1.29, 1.82) is 0 Å². The van der Waals surface area contributed by atoms with E-state index in [0.29, 0.717) is 11.5 Å². The number of halogens is 1. The first kappa shape index (κ1) is 15.3. The van der Waals surface area contributed by atoms with E-state index in [1.54, 1.807) is 6.07 Å². The molecule has 1 aromatic rings. The number of carboxylic acids is 1. The van der Waals surface area contributed by atoms with Crippen LogP contribution in [0.25, 0.3) is 0 Å². The third-order valence-corrected chi connectivity index (χ3v) is 4.02. The predicted octanol–water partition coefficient (Wildman–Crippen LogP) is 2.93. The highest BCUT2D eigenvalue weighted by Crippen LogP contribution is 2.25. The fourth-order valence-electron chi connectivity index (χ4n) is 2.64. The lowest BCUT2D eigenvalue weighted by Gasteiger charge is -2.37. The van der Waals surface area contributed by atoms with Crippen molar-refractivity contribution in [2.75, 3.05) is 37.6 Å². The molecule has 1 aromatic carbocycles. The minimum absolute atomic E-state index is 0.372. The van der Waals surface area contributed by atoms with Crippen molar-refractivity contribution in [2.45, 2.75) is 13.8 Å². The van der Waals surface area contributed by atoms with Gasteiger partial charge in [0.2, 0.25) is 0 Å². The SMILES string of the molecule is CC(C)CN1CCN(c2ccc(Br)cc2C(=O)O)CC1. The highest BCUT2D eigenvalue weighted by molar-refractivity contribution is 9.10. The maximum absolute atomic E-state index is 11.4. The second kappa shape index (κ2) is 6.59. The molecule has 0 unspecified atom stereocenters. The second-order valence-electron chi connectivity index (χ2n) is 5.65. The number of nitrogens with zero attached hydrogens (tertiary/aromatic N) is 2. The predicted molar refractivity (Wildman–Crippen MR) is 84.6 cm³/mol. The summed E-state index contributed by atoms with van der Waals surface area (Å²) in [5, 5.41) is 9.33. The second-order valence-corrected chi connectivity index (χ2v) is 6.56. The van der Waals surface area contributed by atoms with Gasteiger partial charge < -0.3 is 10.0 Å². The van der Waals surface area contributed by atoms with Crippen LogP contribution >= 0.6 is 15.9 Å². The van der Waals surface area contributed by atoms with Crippen molar-refractivity contribution in [1.82, 2.24) is 4.90 Å². The van der Waals surface area contributed by atoms with Crippen LogP contribution in [-0.2, 0) is 0 Å². The van der Waals surface area contributed by atoms with Crippen LogP contribution in [0.2, 0.25) is 0 Å². The Hall–Kier alpha value is -1.07. The quantitative estimate of drug-likeness (QED) is 0.915. The van der Waals surface area contributed by atoms with E-state index in [-0.39, 0.29) is 0 Å². The highest BCUT2D eigenvalue weighted by atomic mass is 79.9. The van der Waals surface area contributed by atoms with Crippen LogP contribution in [0.4, 0.5) is 5.69 Å². The van der Waals surface area contributed by atoms with Gasteiger partial charge in [-0.2, -0.15) is 0 Å². The molecule has 2 rings (SSSR count). The Morgan fingerprint density at radius 3 is 2.50 bits per heavy atom. The summed E-state index contributed by atoms with van der Waals surface area (Å²) in [7, 11) is 0. The van der Waals surface area contributed by atoms with E-state index in [1.165, 1.54) is 0 Å². The van der Waals surface area contributed by atoms with Gasteiger partial charge in [0.05, 0.1) is 11.3 Å². The maximum atomic E-state index is 11.4. The molecule has 0 amide bonds. The van der Waals surface area contributed by atoms with E-state index in [9.17, 15) is 9.90 Å². The molecular formula is C15H21BrN2O2. The minimum Gasteiger partial charge on any atom is -0.478 e. The molecule has 4 nitrogen and oxygen atoms in total. The van der Waals surface area contributed by atoms with Crippen molar-refractivity contribution in [3.05, 3.63) is 28.2 Å². The number of hydrogen-bond donors (Lipinski definition) is 1. The van der Waals surface area contributed by atoms with Crippen LogP contribution < -0.4 is 4.90 Å². The molecule has 20 heavy (non-hydrogen) atoms. The highest BCUT2D eigenvalue weighted by Gasteiger charge is 2.21. The molecule has 1 heterocycles. The lowest BCUT2D eigenvalue weighted by atomic mass is 10.1. The summed E-state index contributed by atoms with van der Waals surface area (Å²) >= 11 is 3.34. The van der Waals surface area contributed by atoms with Gasteiger partial charge in [0.25, 0.3) is 0 Å². The van der Waals surface area contributed by atoms with Crippen molar-refractivity contribution < 1.29 is 9.90 Å².